The standard InChI is InChI=1S/C34H25BrN2O3/c1-20-11-12-21-15-18-28-34(25-9-5-6-10-26(25)36-33(34)40)29(31(38)23-13-16-24(35)17-14-23)30(37(28)27(21)19-20)32(39)22-7-3-2-4-8-22/h2-19,28-30H,1H3,(H,36,40)/t28-,29+,30-,34-/m0/s1. The first-order valence-corrected chi connectivity index (χ1v) is 14.1. The van der Waals surface area contributed by atoms with E-state index in [1.807, 2.05) is 90.7 Å². The minimum atomic E-state index is -1.31. The molecule has 4 aromatic rings. The highest BCUT2D eigenvalue weighted by Gasteiger charge is 2.70. The van der Waals surface area contributed by atoms with Gasteiger partial charge in [0.15, 0.2) is 11.6 Å². The monoisotopic (exact) mass is 588 g/mol. The van der Waals surface area contributed by atoms with Crippen LogP contribution in [-0.2, 0) is 10.2 Å². The molecule has 4 atom stereocenters. The highest BCUT2D eigenvalue weighted by atomic mass is 79.9. The molecule has 5 nitrogen and oxygen atoms in total. The van der Waals surface area contributed by atoms with E-state index in [4.69, 9.17) is 0 Å². The van der Waals surface area contributed by atoms with Gasteiger partial charge >= 0.3 is 0 Å². The molecule has 1 amide bonds. The summed E-state index contributed by atoms with van der Waals surface area (Å²) in [6, 6.07) is 28.4. The number of aryl methyl sites for hydroxylation is 1. The summed E-state index contributed by atoms with van der Waals surface area (Å²) < 4.78 is 0.843. The van der Waals surface area contributed by atoms with Crippen molar-refractivity contribution in [2.45, 2.75) is 24.4 Å². The lowest BCUT2D eigenvalue weighted by Gasteiger charge is -2.37. The lowest BCUT2D eigenvalue weighted by molar-refractivity contribution is -0.121. The van der Waals surface area contributed by atoms with Gasteiger partial charge in [-0.3, -0.25) is 14.4 Å². The molecule has 3 heterocycles. The van der Waals surface area contributed by atoms with E-state index in [1.54, 1.807) is 24.3 Å². The van der Waals surface area contributed by atoms with Gasteiger partial charge in [0.25, 0.3) is 0 Å². The van der Waals surface area contributed by atoms with E-state index < -0.39 is 23.4 Å². The fourth-order valence-corrected chi connectivity index (χ4v) is 7.11. The summed E-state index contributed by atoms with van der Waals surface area (Å²) in [5, 5.41) is 3.07. The lowest BCUT2D eigenvalue weighted by atomic mass is 9.64. The van der Waals surface area contributed by atoms with Gasteiger partial charge < -0.3 is 10.2 Å². The first-order chi connectivity index (χ1) is 19.4. The van der Waals surface area contributed by atoms with Gasteiger partial charge in [-0.15, -0.1) is 0 Å². The number of nitrogens with zero attached hydrogens (tertiary/aromatic N) is 1. The van der Waals surface area contributed by atoms with Crippen molar-refractivity contribution < 1.29 is 14.4 Å². The second-order valence-corrected chi connectivity index (χ2v) is 11.6. The molecule has 4 aromatic carbocycles. The van der Waals surface area contributed by atoms with Crippen LogP contribution in [0.4, 0.5) is 11.4 Å². The Morgan fingerprint density at radius 1 is 0.850 bits per heavy atom. The zero-order valence-corrected chi connectivity index (χ0v) is 23.3. The molecule has 0 saturated carbocycles. The number of halogens is 1. The molecule has 1 spiro atoms. The molecule has 1 saturated heterocycles. The van der Waals surface area contributed by atoms with Crippen molar-refractivity contribution in [3.05, 3.63) is 135 Å². The summed E-state index contributed by atoms with van der Waals surface area (Å²) in [5.41, 5.74) is 3.92. The number of hydrogen-bond donors (Lipinski definition) is 1. The van der Waals surface area contributed by atoms with Crippen molar-refractivity contribution in [1.82, 2.24) is 0 Å². The summed E-state index contributed by atoms with van der Waals surface area (Å²) in [4.78, 5) is 45.7. The maximum Gasteiger partial charge on any atom is 0.238 e. The maximum atomic E-state index is 14.7. The third-order valence-corrected chi connectivity index (χ3v) is 9.06. The van der Waals surface area contributed by atoms with Crippen molar-refractivity contribution in [2.75, 3.05) is 10.2 Å². The molecule has 0 aliphatic carbocycles. The van der Waals surface area contributed by atoms with Crippen LogP contribution < -0.4 is 10.2 Å². The van der Waals surface area contributed by atoms with E-state index in [0.29, 0.717) is 16.8 Å². The number of hydrogen-bond acceptors (Lipinski definition) is 4. The number of carbonyl (C=O) groups is 3. The van der Waals surface area contributed by atoms with E-state index >= 15 is 0 Å². The fourth-order valence-electron chi connectivity index (χ4n) is 6.84. The summed E-state index contributed by atoms with van der Waals surface area (Å²) in [7, 11) is 0. The quantitative estimate of drug-likeness (QED) is 0.272. The molecule has 3 aliphatic heterocycles. The van der Waals surface area contributed by atoms with Crippen LogP contribution in [0.15, 0.2) is 108 Å². The van der Waals surface area contributed by atoms with Crippen molar-refractivity contribution in [3.8, 4) is 0 Å². The minimum Gasteiger partial charge on any atom is -0.352 e. The molecule has 0 radical (unpaired) electrons. The minimum absolute atomic E-state index is 0.183. The average Bonchev–Trinajstić information content (AvgIpc) is 3.45. The zero-order valence-electron chi connectivity index (χ0n) is 21.7. The van der Waals surface area contributed by atoms with Crippen LogP contribution in [0.5, 0.6) is 0 Å². The Morgan fingerprint density at radius 2 is 1.55 bits per heavy atom. The van der Waals surface area contributed by atoms with E-state index in [2.05, 4.69) is 27.3 Å². The Labute approximate surface area is 240 Å². The van der Waals surface area contributed by atoms with Crippen LogP contribution in [0.1, 0.15) is 37.4 Å². The van der Waals surface area contributed by atoms with Gasteiger partial charge in [-0.2, -0.15) is 0 Å². The third-order valence-electron chi connectivity index (χ3n) is 8.53. The largest absolute Gasteiger partial charge is 0.352 e. The Kier molecular flexibility index (Phi) is 5.65. The van der Waals surface area contributed by atoms with Crippen molar-refractivity contribution in [1.29, 1.82) is 0 Å². The topological polar surface area (TPSA) is 66.5 Å². The molecular weight excluding hydrogens is 564 g/mol. The summed E-state index contributed by atoms with van der Waals surface area (Å²) >= 11 is 3.46. The molecule has 40 heavy (non-hydrogen) atoms. The third kappa shape index (κ3) is 3.42. The van der Waals surface area contributed by atoms with Crippen LogP contribution >= 0.6 is 15.9 Å². The second kappa shape index (κ2) is 9.14. The first-order valence-electron chi connectivity index (χ1n) is 13.3. The van der Waals surface area contributed by atoms with Gasteiger partial charge in [0, 0.05) is 27.0 Å². The van der Waals surface area contributed by atoms with Gasteiger partial charge in [-0.05, 0) is 47.9 Å². The molecule has 0 bridgehead atoms. The molecule has 3 aliphatic rings. The second-order valence-electron chi connectivity index (χ2n) is 10.7. The number of carbonyl (C=O) groups excluding carboxylic acids is 3. The summed E-state index contributed by atoms with van der Waals surface area (Å²) in [5.74, 6) is -1.65. The maximum absolute atomic E-state index is 14.7. The van der Waals surface area contributed by atoms with Crippen LogP contribution in [0, 0.1) is 12.8 Å². The average molecular weight is 589 g/mol. The number of nitrogens with one attached hydrogen (secondary N) is 1. The van der Waals surface area contributed by atoms with E-state index in [9.17, 15) is 14.4 Å². The summed E-state index contributed by atoms with van der Waals surface area (Å²) in [6.45, 7) is 2.01. The molecule has 0 unspecified atom stereocenters. The number of para-hydroxylation sites is 1. The van der Waals surface area contributed by atoms with Crippen molar-refractivity contribution in [2.24, 2.45) is 5.92 Å². The van der Waals surface area contributed by atoms with Gasteiger partial charge in [0.2, 0.25) is 5.91 Å². The zero-order chi connectivity index (χ0) is 27.6. The number of ketones is 2. The number of fused-ring (bicyclic) bond motifs is 6. The van der Waals surface area contributed by atoms with Crippen molar-refractivity contribution >= 4 is 50.9 Å². The predicted octanol–water partition coefficient (Wildman–Crippen LogP) is 6.61. The molecule has 6 heteroatoms. The number of anilines is 2. The van der Waals surface area contributed by atoms with Crippen LogP contribution in [0.25, 0.3) is 6.08 Å². The lowest BCUT2D eigenvalue weighted by Crippen LogP contribution is -2.51. The van der Waals surface area contributed by atoms with Crippen LogP contribution in [0.2, 0.25) is 0 Å². The predicted molar refractivity (Wildman–Crippen MR) is 160 cm³/mol. The Morgan fingerprint density at radius 3 is 2.33 bits per heavy atom. The van der Waals surface area contributed by atoms with Crippen LogP contribution in [-0.4, -0.2) is 29.6 Å². The highest BCUT2D eigenvalue weighted by molar-refractivity contribution is 9.10. The molecular formula is C34H25BrN2O3. The van der Waals surface area contributed by atoms with Gasteiger partial charge in [0.05, 0.1) is 12.0 Å². The van der Waals surface area contributed by atoms with E-state index in [0.717, 1.165) is 26.9 Å². The SMILES string of the molecule is Cc1ccc2c(c1)N1[C@H](C(=O)c3ccccc3)[C@H](C(=O)c3ccc(Br)cc3)[C@@]3(C(=O)Nc4ccccc43)[C@@H]1C=C2. The van der Waals surface area contributed by atoms with Gasteiger partial charge in [0.1, 0.15) is 11.5 Å². The number of amides is 1. The van der Waals surface area contributed by atoms with Crippen molar-refractivity contribution in [3.63, 3.8) is 0 Å². The fraction of sp³-hybridized carbons (Fsp3) is 0.147. The Bertz CT molecular complexity index is 1730. The Balaban J connectivity index is 1.55. The summed E-state index contributed by atoms with van der Waals surface area (Å²) in [6.07, 6.45) is 4.02. The van der Waals surface area contributed by atoms with E-state index in [1.165, 1.54) is 0 Å². The van der Waals surface area contributed by atoms with Gasteiger partial charge in [-0.1, -0.05) is 101 Å². The molecule has 1 N–H and O–H groups in total. The Hall–Kier alpha value is -4.29. The molecule has 7 rings (SSSR count). The number of benzene rings is 4. The number of rotatable bonds is 4. The molecule has 196 valence electrons. The number of Topliss-reactive ketones (excluding diaryl/α,β-unsaturated/α-hetero) is 2. The smallest absolute Gasteiger partial charge is 0.238 e. The van der Waals surface area contributed by atoms with E-state index in [-0.39, 0.29) is 17.5 Å². The highest BCUT2D eigenvalue weighted by Crippen LogP contribution is 2.58. The molecule has 1 fully saturated rings. The first kappa shape index (κ1) is 24.7. The van der Waals surface area contributed by atoms with Crippen LogP contribution in [0.3, 0.4) is 0 Å². The molecule has 0 aromatic heterocycles. The van der Waals surface area contributed by atoms with Gasteiger partial charge in [-0.25, -0.2) is 0 Å². The normalized spacial score (nSPS) is 23.9.